The zero-order valence-corrected chi connectivity index (χ0v) is 16.7. The zero-order chi connectivity index (χ0) is 20.0. The van der Waals surface area contributed by atoms with Crippen molar-refractivity contribution in [3.05, 3.63) is 96.9 Å². The second kappa shape index (κ2) is 8.93. The summed E-state index contributed by atoms with van der Waals surface area (Å²) in [5.74, 6) is 0.774. The lowest BCUT2D eigenvalue weighted by molar-refractivity contribution is 0.306. The van der Waals surface area contributed by atoms with Crippen LogP contribution in [0.2, 0.25) is 0 Å². The molecule has 1 N–H and O–H groups in total. The van der Waals surface area contributed by atoms with Crippen LogP contribution in [-0.2, 0) is 16.6 Å². The van der Waals surface area contributed by atoms with Gasteiger partial charge in [-0.05, 0) is 53.8 Å². The Labute approximate surface area is 167 Å². The first-order chi connectivity index (χ1) is 13.5. The van der Waals surface area contributed by atoms with Gasteiger partial charge in [0.15, 0.2) is 0 Å². The predicted octanol–water partition coefficient (Wildman–Crippen LogP) is 5.39. The quantitative estimate of drug-likeness (QED) is 0.557. The Kier molecular flexibility index (Phi) is 6.37. The number of hydrogen-bond donors (Lipinski definition) is 1. The van der Waals surface area contributed by atoms with Crippen molar-refractivity contribution < 1.29 is 13.2 Å². The van der Waals surface area contributed by atoms with Crippen molar-refractivity contribution in [2.45, 2.75) is 30.8 Å². The maximum atomic E-state index is 12.7. The summed E-state index contributed by atoms with van der Waals surface area (Å²) in [6, 6.07) is 23.7. The topological polar surface area (TPSA) is 55.4 Å². The van der Waals surface area contributed by atoms with Gasteiger partial charge < -0.3 is 4.74 Å². The molecule has 3 aromatic rings. The number of sulfonamides is 1. The monoisotopic (exact) mass is 394 g/mol. The van der Waals surface area contributed by atoms with Gasteiger partial charge in [-0.3, -0.25) is 4.72 Å². The maximum Gasteiger partial charge on any atom is 0.261 e. The van der Waals surface area contributed by atoms with E-state index in [4.69, 9.17) is 4.74 Å². The normalized spacial score (nSPS) is 12.4. The Balaban J connectivity index is 1.85. The van der Waals surface area contributed by atoms with E-state index in [9.17, 15) is 8.42 Å². The van der Waals surface area contributed by atoms with Crippen LogP contribution in [0.5, 0.6) is 5.75 Å². The predicted molar refractivity (Wildman–Crippen MR) is 113 cm³/mol. The first-order valence-electron chi connectivity index (χ1n) is 9.17. The number of ether oxygens (including phenoxy) is 1. The van der Waals surface area contributed by atoms with E-state index in [1.807, 2.05) is 43.3 Å². The number of anilines is 1. The summed E-state index contributed by atoms with van der Waals surface area (Å²) in [6.45, 7) is 6.43. The molecule has 1 unspecified atom stereocenters. The standard InChI is InChI=1S/C23H24NO3S/c1-3-18(2)22-16-20(27-17-19-10-6-4-7-11-19)14-15-23(22)24-28(25,26)21-12-8-5-9-13-21/h4-16,18,24H,1,3,17H2,2H3. The van der Waals surface area contributed by atoms with Gasteiger partial charge >= 0.3 is 0 Å². The maximum absolute atomic E-state index is 12.7. The van der Waals surface area contributed by atoms with E-state index in [0.717, 1.165) is 11.1 Å². The molecule has 0 aliphatic carbocycles. The van der Waals surface area contributed by atoms with Crippen LogP contribution < -0.4 is 9.46 Å². The van der Waals surface area contributed by atoms with E-state index in [-0.39, 0.29) is 10.8 Å². The van der Waals surface area contributed by atoms with Crippen molar-refractivity contribution in [2.75, 3.05) is 4.72 Å². The van der Waals surface area contributed by atoms with Gasteiger partial charge in [-0.2, -0.15) is 0 Å². The first-order valence-corrected chi connectivity index (χ1v) is 10.7. The highest BCUT2D eigenvalue weighted by Gasteiger charge is 2.18. The molecule has 3 rings (SSSR count). The van der Waals surface area contributed by atoms with E-state index < -0.39 is 10.0 Å². The third-order valence-electron chi connectivity index (χ3n) is 4.53. The third kappa shape index (κ3) is 4.93. The van der Waals surface area contributed by atoms with Gasteiger partial charge in [0.2, 0.25) is 0 Å². The Hall–Kier alpha value is -2.79. The van der Waals surface area contributed by atoms with Crippen molar-refractivity contribution >= 4 is 15.7 Å². The summed E-state index contributed by atoms with van der Waals surface area (Å²) in [6.07, 6.45) is 0.641. The van der Waals surface area contributed by atoms with Gasteiger partial charge in [0, 0.05) is 0 Å². The molecule has 0 saturated carbocycles. The molecule has 145 valence electrons. The lowest BCUT2D eigenvalue weighted by Crippen LogP contribution is -2.15. The third-order valence-corrected chi connectivity index (χ3v) is 5.91. The molecule has 0 aliphatic heterocycles. The fraction of sp³-hybridized carbons (Fsp3) is 0.174. The number of benzene rings is 3. The van der Waals surface area contributed by atoms with Crippen LogP contribution in [0.25, 0.3) is 0 Å². The largest absolute Gasteiger partial charge is 0.489 e. The van der Waals surface area contributed by atoms with Crippen molar-refractivity contribution in [3.8, 4) is 5.75 Å². The molecule has 0 heterocycles. The Morgan fingerprint density at radius 3 is 2.25 bits per heavy atom. The molecule has 1 radical (unpaired) electrons. The fourth-order valence-corrected chi connectivity index (χ4v) is 3.94. The second-order valence-electron chi connectivity index (χ2n) is 6.63. The molecule has 4 nitrogen and oxygen atoms in total. The molecule has 0 fully saturated rings. The average molecular weight is 395 g/mol. The van der Waals surface area contributed by atoms with Crippen molar-refractivity contribution in [1.82, 2.24) is 0 Å². The number of rotatable bonds is 8. The molecule has 0 spiro atoms. The Bertz CT molecular complexity index is 1000. The van der Waals surface area contributed by atoms with Gasteiger partial charge in [0.25, 0.3) is 10.0 Å². The Morgan fingerprint density at radius 2 is 1.61 bits per heavy atom. The number of nitrogens with one attached hydrogen (secondary N) is 1. The summed E-state index contributed by atoms with van der Waals surface area (Å²) < 4.78 is 34.0. The molecule has 28 heavy (non-hydrogen) atoms. The molecule has 0 bridgehead atoms. The molecule has 0 amide bonds. The highest BCUT2D eigenvalue weighted by Crippen LogP contribution is 2.32. The van der Waals surface area contributed by atoms with E-state index in [1.54, 1.807) is 42.5 Å². The molecular weight excluding hydrogens is 370 g/mol. The van der Waals surface area contributed by atoms with Gasteiger partial charge in [-0.25, -0.2) is 8.42 Å². The van der Waals surface area contributed by atoms with Crippen LogP contribution in [0.4, 0.5) is 5.69 Å². The van der Waals surface area contributed by atoms with Crippen molar-refractivity contribution in [2.24, 2.45) is 0 Å². The van der Waals surface area contributed by atoms with Crippen molar-refractivity contribution in [1.29, 1.82) is 0 Å². The van der Waals surface area contributed by atoms with Gasteiger partial charge in [0.1, 0.15) is 12.4 Å². The van der Waals surface area contributed by atoms with E-state index >= 15 is 0 Å². The lowest BCUT2D eigenvalue weighted by Gasteiger charge is -2.18. The van der Waals surface area contributed by atoms with E-state index in [0.29, 0.717) is 24.5 Å². The van der Waals surface area contributed by atoms with Crippen LogP contribution in [0.1, 0.15) is 30.4 Å². The molecule has 0 aliphatic rings. The fourth-order valence-electron chi connectivity index (χ4n) is 2.83. The summed E-state index contributed by atoms with van der Waals surface area (Å²) in [5.41, 5.74) is 2.48. The van der Waals surface area contributed by atoms with E-state index in [2.05, 4.69) is 11.6 Å². The molecule has 1 atom stereocenters. The molecule has 5 heteroatoms. The van der Waals surface area contributed by atoms with Crippen LogP contribution in [-0.4, -0.2) is 8.42 Å². The lowest BCUT2D eigenvalue weighted by atomic mass is 9.97. The van der Waals surface area contributed by atoms with Crippen LogP contribution in [0.3, 0.4) is 0 Å². The summed E-state index contributed by atoms with van der Waals surface area (Å²) in [7, 11) is -3.66. The molecule has 0 aromatic heterocycles. The minimum Gasteiger partial charge on any atom is -0.489 e. The smallest absolute Gasteiger partial charge is 0.261 e. The van der Waals surface area contributed by atoms with Crippen LogP contribution in [0.15, 0.2) is 83.8 Å². The van der Waals surface area contributed by atoms with Gasteiger partial charge in [-0.1, -0.05) is 62.4 Å². The minimum atomic E-state index is -3.66. The summed E-state index contributed by atoms with van der Waals surface area (Å²) in [5, 5.41) is 0. The Morgan fingerprint density at radius 1 is 0.964 bits per heavy atom. The van der Waals surface area contributed by atoms with Gasteiger partial charge in [0.05, 0.1) is 10.6 Å². The minimum absolute atomic E-state index is 0.0775. The summed E-state index contributed by atoms with van der Waals surface area (Å²) >= 11 is 0. The average Bonchev–Trinajstić information content (AvgIpc) is 2.73. The van der Waals surface area contributed by atoms with Crippen LogP contribution >= 0.6 is 0 Å². The van der Waals surface area contributed by atoms with Crippen molar-refractivity contribution in [3.63, 3.8) is 0 Å². The highest BCUT2D eigenvalue weighted by molar-refractivity contribution is 7.92. The highest BCUT2D eigenvalue weighted by atomic mass is 32.2. The molecule has 3 aromatic carbocycles. The zero-order valence-electron chi connectivity index (χ0n) is 15.8. The van der Waals surface area contributed by atoms with Crippen LogP contribution in [0, 0.1) is 6.92 Å². The number of hydrogen-bond acceptors (Lipinski definition) is 3. The second-order valence-corrected chi connectivity index (χ2v) is 8.31. The first kappa shape index (κ1) is 20.0. The summed E-state index contributed by atoms with van der Waals surface area (Å²) in [4.78, 5) is 0.229. The molecular formula is C23H24NO3S. The molecule has 0 saturated heterocycles. The SMILES string of the molecule is [CH2]CC(C)c1cc(OCc2ccccc2)ccc1NS(=O)(=O)c1ccccc1. The van der Waals surface area contributed by atoms with Gasteiger partial charge in [-0.15, -0.1) is 0 Å². The van der Waals surface area contributed by atoms with E-state index in [1.165, 1.54) is 0 Å².